The summed E-state index contributed by atoms with van der Waals surface area (Å²) in [6.07, 6.45) is 8.94. The number of aromatic nitrogens is 1. The van der Waals surface area contributed by atoms with E-state index in [0.29, 0.717) is 42.4 Å². The molecule has 7 heteroatoms. The number of amides is 2. The van der Waals surface area contributed by atoms with Crippen molar-refractivity contribution < 1.29 is 14.0 Å². The van der Waals surface area contributed by atoms with Crippen LogP contribution in [0.3, 0.4) is 0 Å². The van der Waals surface area contributed by atoms with Crippen LogP contribution in [-0.2, 0) is 11.3 Å². The molecule has 0 N–H and O–H groups in total. The van der Waals surface area contributed by atoms with Crippen molar-refractivity contribution in [2.75, 3.05) is 37.6 Å². The molecule has 4 rings (SSSR count). The average molecular weight is 495 g/mol. The van der Waals surface area contributed by atoms with Gasteiger partial charge in [0.25, 0.3) is 5.91 Å². The summed E-state index contributed by atoms with van der Waals surface area (Å²) in [5, 5.41) is 0. The Bertz CT molecular complexity index is 1020. The second-order valence-corrected chi connectivity index (χ2v) is 10.6. The summed E-state index contributed by atoms with van der Waals surface area (Å²) in [5.41, 5.74) is 1.85. The molecule has 194 valence electrons. The van der Waals surface area contributed by atoms with Gasteiger partial charge in [0, 0.05) is 50.2 Å². The van der Waals surface area contributed by atoms with E-state index in [1.165, 1.54) is 12.1 Å². The van der Waals surface area contributed by atoms with Gasteiger partial charge in [-0.25, -0.2) is 4.39 Å². The van der Waals surface area contributed by atoms with Crippen molar-refractivity contribution in [1.82, 2.24) is 14.8 Å². The van der Waals surface area contributed by atoms with Crippen molar-refractivity contribution in [3.63, 3.8) is 0 Å². The minimum Gasteiger partial charge on any atom is -0.338 e. The summed E-state index contributed by atoms with van der Waals surface area (Å²) in [6.45, 7) is 8.64. The van der Waals surface area contributed by atoms with E-state index in [-0.39, 0.29) is 23.5 Å². The molecule has 2 aromatic rings. The number of nitrogens with zero attached hydrogens (tertiary/aromatic N) is 4. The van der Waals surface area contributed by atoms with Crippen molar-refractivity contribution in [1.29, 1.82) is 0 Å². The third-order valence-corrected chi connectivity index (χ3v) is 7.25. The van der Waals surface area contributed by atoms with Gasteiger partial charge in [0.2, 0.25) is 5.91 Å². The monoisotopic (exact) mass is 494 g/mol. The van der Waals surface area contributed by atoms with E-state index in [4.69, 9.17) is 0 Å². The Kier molecular flexibility index (Phi) is 9.08. The number of pyridine rings is 1. The highest BCUT2D eigenvalue weighted by Crippen LogP contribution is 2.30. The molecule has 0 spiro atoms. The number of benzene rings is 1. The Morgan fingerprint density at radius 2 is 1.78 bits per heavy atom. The minimum atomic E-state index is -0.356. The molecule has 0 unspecified atom stereocenters. The Balaban J connectivity index is 1.70. The number of hydrogen-bond donors (Lipinski definition) is 0. The first-order valence-electron chi connectivity index (χ1n) is 13.4. The van der Waals surface area contributed by atoms with Gasteiger partial charge in [-0.1, -0.05) is 26.7 Å². The van der Waals surface area contributed by atoms with Gasteiger partial charge in [0.05, 0.1) is 5.56 Å². The first-order chi connectivity index (χ1) is 17.4. The van der Waals surface area contributed by atoms with Crippen molar-refractivity contribution in [2.24, 2.45) is 11.8 Å². The van der Waals surface area contributed by atoms with Crippen molar-refractivity contribution in [3.8, 4) is 0 Å². The topological polar surface area (TPSA) is 56.8 Å². The highest BCUT2D eigenvalue weighted by atomic mass is 19.1. The van der Waals surface area contributed by atoms with Gasteiger partial charge in [-0.15, -0.1) is 0 Å². The summed E-state index contributed by atoms with van der Waals surface area (Å²) < 4.78 is 14.5. The summed E-state index contributed by atoms with van der Waals surface area (Å²) in [6, 6.07) is 8.10. The molecular formula is C29H39FN4O2. The molecule has 1 aromatic heterocycles. The van der Waals surface area contributed by atoms with Gasteiger partial charge < -0.3 is 14.7 Å². The smallest absolute Gasteiger partial charge is 0.259 e. The van der Waals surface area contributed by atoms with Gasteiger partial charge in [0.15, 0.2) is 0 Å². The number of anilines is 1. The Hall–Kier alpha value is -2.80. The van der Waals surface area contributed by atoms with Gasteiger partial charge in [-0.2, -0.15) is 0 Å². The first kappa shape index (κ1) is 26.3. The van der Waals surface area contributed by atoms with Crippen LogP contribution in [0, 0.1) is 17.7 Å². The fourth-order valence-corrected chi connectivity index (χ4v) is 5.57. The summed E-state index contributed by atoms with van der Waals surface area (Å²) >= 11 is 0. The maximum absolute atomic E-state index is 14.5. The lowest BCUT2D eigenvalue weighted by atomic mass is 10.0. The standard InChI is InChI=1S/C29H39FN4O2/c1-22(2)20-32-14-6-16-33(28(35)23-8-3-4-9-23)21-25-18-26(30)11-12-27(25)34(17-7-15-32)29(36)24-10-5-13-31-19-24/h5,10-13,18-19,22-23H,3-4,6-9,14-17,20-21H2,1-2H3. The highest BCUT2D eigenvalue weighted by Gasteiger charge is 2.29. The van der Waals surface area contributed by atoms with Crippen LogP contribution in [0.4, 0.5) is 10.1 Å². The molecule has 2 amide bonds. The van der Waals surface area contributed by atoms with Crippen LogP contribution >= 0.6 is 0 Å². The van der Waals surface area contributed by atoms with Crippen molar-refractivity contribution >= 4 is 17.5 Å². The molecule has 1 aromatic carbocycles. The fourth-order valence-electron chi connectivity index (χ4n) is 5.57. The van der Waals surface area contributed by atoms with E-state index in [9.17, 15) is 14.0 Å². The third-order valence-electron chi connectivity index (χ3n) is 7.25. The van der Waals surface area contributed by atoms with Crippen LogP contribution in [0.2, 0.25) is 0 Å². The van der Waals surface area contributed by atoms with E-state index >= 15 is 0 Å². The van der Waals surface area contributed by atoms with Crippen LogP contribution in [-0.4, -0.2) is 59.3 Å². The number of carbonyl (C=O) groups excluding carboxylic acids is 2. The molecule has 1 aliphatic heterocycles. The summed E-state index contributed by atoms with van der Waals surface area (Å²) in [7, 11) is 0. The van der Waals surface area contributed by atoms with Crippen LogP contribution in [0.5, 0.6) is 0 Å². The Labute approximate surface area is 214 Å². The predicted octanol–water partition coefficient (Wildman–Crippen LogP) is 5.14. The number of fused-ring (bicyclic) bond motifs is 1. The lowest BCUT2D eigenvalue weighted by molar-refractivity contribution is -0.136. The predicted molar refractivity (Wildman–Crippen MR) is 140 cm³/mol. The van der Waals surface area contributed by atoms with E-state index in [1.54, 1.807) is 35.5 Å². The zero-order valence-electron chi connectivity index (χ0n) is 21.7. The average Bonchev–Trinajstić information content (AvgIpc) is 3.40. The van der Waals surface area contributed by atoms with Gasteiger partial charge >= 0.3 is 0 Å². The van der Waals surface area contributed by atoms with E-state index in [2.05, 4.69) is 23.7 Å². The zero-order valence-corrected chi connectivity index (χ0v) is 21.7. The molecule has 6 nitrogen and oxygen atoms in total. The van der Waals surface area contributed by atoms with E-state index in [0.717, 1.165) is 58.2 Å². The molecule has 1 saturated carbocycles. The quantitative estimate of drug-likeness (QED) is 0.591. The Morgan fingerprint density at radius 1 is 1.03 bits per heavy atom. The van der Waals surface area contributed by atoms with E-state index in [1.807, 2.05) is 4.90 Å². The maximum atomic E-state index is 14.5. The minimum absolute atomic E-state index is 0.0508. The molecule has 2 heterocycles. The molecular weight excluding hydrogens is 455 g/mol. The number of carbonyl (C=O) groups is 2. The second-order valence-electron chi connectivity index (χ2n) is 10.6. The molecule has 1 aliphatic carbocycles. The van der Waals surface area contributed by atoms with Crippen LogP contribution in [0.1, 0.15) is 68.3 Å². The molecule has 2 aliphatic rings. The maximum Gasteiger partial charge on any atom is 0.259 e. The molecule has 0 saturated heterocycles. The van der Waals surface area contributed by atoms with Crippen LogP contribution in [0.15, 0.2) is 42.7 Å². The van der Waals surface area contributed by atoms with E-state index < -0.39 is 0 Å². The Morgan fingerprint density at radius 3 is 2.47 bits per heavy atom. The summed E-state index contributed by atoms with van der Waals surface area (Å²) in [5.74, 6) is 0.240. The SMILES string of the molecule is CC(C)CN1CCCN(C(=O)C2CCCC2)Cc2cc(F)ccc2N(C(=O)c2cccnc2)CCC1. The van der Waals surface area contributed by atoms with Crippen LogP contribution in [0.25, 0.3) is 0 Å². The normalized spacial score (nSPS) is 18.6. The summed E-state index contributed by atoms with van der Waals surface area (Å²) in [4.78, 5) is 37.4. The first-order valence-corrected chi connectivity index (χ1v) is 13.4. The van der Waals surface area contributed by atoms with Crippen LogP contribution < -0.4 is 4.90 Å². The fraction of sp³-hybridized carbons (Fsp3) is 0.552. The molecule has 0 radical (unpaired) electrons. The molecule has 0 atom stereocenters. The largest absolute Gasteiger partial charge is 0.338 e. The van der Waals surface area contributed by atoms with Gasteiger partial charge in [-0.05, 0) is 80.6 Å². The van der Waals surface area contributed by atoms with Crippen molar-refractivity contribution in [2.45, 2.75) is 58.9 Å². The number of rotatable bonds is 4. The molecule has 0 bridgehead atoms. The molecule has 1 fully saturated rings. The van der Waals surface area contributed by atoms with Crippen molar-refractivity contribution in [3.05, 3.63) is 59.7 Å². The zero-order chi connectivity index (χ0) is 25.5. The number of hydrogen-bond acceptors (Lipinski definition) is 4. The lowest BCUT2D eigenvalue weighted by Crippen LogP contribution is -2.41. The molecule has 36 heavy (non-hydrogen) atoms. The third kappa shape index (κ3) is 6.69. The van der Waals surface area contributed by atoms with Gasteiger partial charge in [0.1, 0.15) is 5.82 Å². The highest BCUT2D eigenvalue weighted by molar-refractivity contribution is 6.06. The lowest BCUT2D eigenvalue weighted by Gasteiger charge is -2.33. The van der Waals surface area contributed by atoms with Gasteiger partial charge in [-0.3, -0.25) is 14.6 Å². The second kappa shape index (κ2) is 12.4. The number of halogens is 1.